The van der Waals surface area contributed by atoms with Crippen LogP contribution in [-0.4, -0.2) is 31.6 Å². The monoisotopic (exact) mass is 246 g/mol. The Balaban J connectivity index is 1.68. The number of hydrogen-bond acceptors (Lipinski definition) is 3. The van der Waals surface area contributed by atoms with Crippen LogP contribution in [0.4, 0.5) is 0 Å². The Morgan fingerprint density at radius 2 is 2.11 bits per heavy atom. The molecule has 0 spiro atoms. The Morgan fingerprint density at radius 3 is 2.83 bits per heavy atom. The van der Waals surface area contributed by atoms with E-state index in [1.807, 2.05) is 31.2 Å². The van der Waals surface area contributed by atoms with Crippen LogP contribution in [0.25, 0.3) is 0 Å². The number of carbonyl (C=O) groups excluding carboxylic acids is 1. The lowest BCUT2D eigenvalue weighted by Gasteiger charge is -2.11. The number of nitrogens with one attached hydrogen (secondary N) is 2. The molecule has 1 aromatic carbocycles. The minimum absolute atomic E-state index is 0.0153. The van der Waals surface area contributed by atoms with Crippen LogP contribution in [0.15, 0.2) is 24.3 Å². The van der Waals surface area contributed by atoms with Crippen molar-refractivity contribution >= 4 is 5.91 Å². The van der Waals surface area contributed by atoms with Crippen LogP contribution < -0.4 is 15.4 Å². The Morgan fingerprint density at radius 1 is 1.39 bits per heavy atom. The van der Waals surface area contributed by atoms with Crippen molar-refractivity contribution in [1.82, 2.24) is 10.6 Å². The number of benzene rings is 1. The molecule has 1 aliphatic carbocycles. The van der Waals surface area contributed by atoms with Crippen molar-refractivity contribution in [3.63, 3.8) is 0 Å². The first-order chi connectivity index (χ1) is 8.81. The zero-order valence-corrected chi connectivity index (χ0v) is 10.5. The molecular weight excluding hydrogens is 228 g/mol. The van der Waals surface area contributed by atoms with Gasteiger partial charge >= 0.3 is 0 Å². The molecule has 2 fully saturated rings. The topological polar surface area (TPSA) is 50.4 Å². The number of amides is 1. The van der Waals surface area contributed by atoms with Gasteiger partial charge < -0.3 is 15.4 Å². The van der Waals surface area contributed by atoms with E-state index in [0.29, 0.717) is 35.8 Å². The molecule has 0 aromatic heterocycles. The fourth-order valence-electron chi connectivity index (χ4n) is 2.80. The second-order valence-electron chi connectivity index (χ2n) is 4.91. The molecule has 1 aromatic rings. The summed E-state index contributed by atoms with van der Waals surface area (Å²) in [7, 11) is 0. The van der Waals surface area contributed by atoms with E-state index in [4.69, 9.17) is 4.74 Å². The van der Waals surface area contributed by atoms with Gasteiger partial charge in [-0.2, -0.15) is 0 Å². The largest absolute Gasteiger partial charge is 0.493 e. The highest BCUT2D eigenvalue weighted by atomic mass is 16.5. The predicted octanol–water partition coefficient (Wildman–Crippen LogP) is 1.03. The van der Waals surface area contributed by atoms with Crippen LogP contribution in [-0.2, 0) is 0 Å². The number of hydrogen-bond donors (Lipinski definition) is 2. The first-order valence-corrected chi connectivity index (χ1v) is 6.54. The van der Waals surface area contributed by atoms with Gasteiger partial charge in [-0.05, 0) is 30.9 Å². The lowest BCUT2D eigenvalue weighted by Crippen LogP contribution is -2.32. The van der Waals surface area contributed by atoms with Crippen molar-refractivity contribution in [3.8, 4) is 5.75 Å². The normalized spacial score (nSPS) is 28.6. The minimum Gasteiger partial charge on any atom is -0.493 e. The molecule has 1 saturated carbocycles. The zero-order valence-electron chi connectivity index (χ0n) is 10.5. The van der Waals surface area contributed by atoms with Gasteiger partial charge in [-0.15, -0.1) is 0 Å². The highest BCUT2D eigenvalue weighted by Gasteiger charge is 2.53. The van der Waals surface area contributed by atoms with Crippen LogP contribution >= 0.6 is 0 Å². The van der Waals surface area contributed by atoms with Crippen molar-refractivity contribution < 1.29 is 9.53 Å². The lowest BCUT2D eigenvalue weighted by atomic mass is 10.2. The molecule has 1 aliphatic heterocycles. The highest BCUT2D eigenvalue weighted by Crippen LogP contribution is 2.41. The summed E-state index contributed by atoms with van der Waals surface area (Å²) in [6.45, 7) is 4.56. The Kier molecular flexibility index (Phi) is 2.96. The van der Waals surface area contributed by atoms with Gasteiger partial charge in [0.15, 0.2) is 0 Å². The third kappa shape index (κ3) is 1.97. The maximum atomic E-state index is 12.2. The fraction of sp³-hybridized carbons (Fsp3) is 0.500. The average Bonchev–Trinajstić information content (AvgIpc) is 2.83. The Bertz CT molecular complexity index is 451. The van der Waals surface area contributed by atoms with Gasteiger partial charge in [0.05, 0.1) is 12.2 Å². The van der Waals surface area contributed by atoms with Gasteiger partial charge in [0.25, 0.3) is 5.91 Å². The third-order valence-corrected chi connectivity index (χ3v) is 3.82. The van der Waals surface area contributed by atoms with Crippen LogP contribution in [0, 0.1) is 11.8 Å². The number of para-hydroxylation sites is 1. The summed E-state index contributed by atoms with van der Waals surface area (Å²) in [5.74, 6) is 1.92. The number of carbonyl (C=O) groups is 1. The highest BCUT2D eigenvalue weighted by molar-refractivity contribution is 5.97. The smallest absolute Gasteiger partial charge is 0.255 e. The van der Waals surface area contributed by atoms with E-state index in [9.17, 15) is 4.79 Å². The van der Waals surface area contributed by atoms with Crippen LogP contribution in [0.1, 0.15) is 17.3 Å². The molecule has 4 heteroatoms. The Labute approximate surface area is 107 Å². The summed E-state index contributed by atoms with van der Waals surface area (Å²) in [5, 5.41) is 6.43. The predicted molar refractivity (Wildman–Crippen MR) is 68.7 cm³/mol. The molecule has 4 nitrogen and oxygen atoms in total. The molecule has 2 N–H and O–H groups in total. The van der Waals surface area contributed by atoms with E-state index >= 15 is 0 Å². The zero-order chi connectivity index (χ0) is 12.5. The molecule has 3 rings (SSSR count). The Hall–Kier alpha value is -1.55. The maximum absolute atomic E-state index is 12.2. The summed E-state index contributed by atoms with van der Waals surface area (Å²) in [4.78, 5) is 12.2. The van der Waals surface area contributed by atoms with Gasteiger partial charge in [0.1, 0.15) is 5.75 Å². The molecule has 1 heterocycles. The third-order valence-electron chi connectivity index (χ3n) is 3.82. The first kappa shape index (κ1) is 11.5. The van der Waals surface area contributed by atoms with Gasteiger partial charge in [0, 0.05) is 19.1 Å². The standard InChI is InChI=1S/C14H18N2O2/c1-2-18-12-6-4-3-5-9(12)14(17)16-13-10-7-15-8-11(10)13/h3-6,10-11,13,15H,2,7-8H2,1H3,(H,16,17). The van der Waals surface area contributed by atoms with E-state index in [1.165, 1.54) is 0 Å². The number of rotatable bonds is 4. The van der Waals surface area contributed by atoms with E-state index in [-0.39, 0.29) is 5.91 Å². The fourth-order valence-corrected chi connectivity index (χ4v) is 2.80. The van der Waals surface area contributed by atoms with E-state index < -0.39 is 0 Å². The maximum Gasteiger partial charge on any atom is 0.255 e. The van der Waals surface area contributed by atoms with E-state index in [1.54, 1.807) is 0 Å². The summed E-state index contributed by atoms with van der Waals surface area (Å²) in [6.07, 6.45) is 0. The molecule has 2 atom stereocenters. The second-order valence-corrected chi connectivity index (χ2v) is 4.91. The van der Waals surface area contributed by atoms with Crippen molar-refractivity contribution in [1.29, 1.82) is 0 Å². The summed E-state index contributed by atoms with van der Waals surface area (Å²) in [6, 6.07) is 7.77. The summed E-state index contributed by atoms with van der Waals surface area (Å²) >= 11 is 0. The molecule has 1 amide bonds. The molecule has 2 unspecified atom stereocenters. The van der Waals surface area contributed by atoms with Gasteiger partial charge in [-0.3, -0.25) is 4.79 Å². The quantitative estimate of drug-likeness (QED) is 0.834. The molecule has 0 bridgehead atoms. The van der Waals surface area contributed by atoms with Crippen molar-refractivity contribution in [2.24, 2.45) is 11.8 Å². The van der Waals surface area contributed by atoms with E-state index in [0.717, 1.165) is 13.1 Å². The molecule has 1 saturated heterocycles. The lowest BCUT2D eigenvalue weighted by molar-refractivity contribution is 0.0943. The van der Waals surface area contributed by atoms with Crippen LogP contribution in [0.3, 0.4) is 0 Å². The first-order valence-electron chi connectivity index (χ1n) is 6.54. The van der Waals surface area contributed by atoms with Crippen LogP contribution in [0.5, 0.6) is 5.75 Å². The second kappa shape index (κ2) is 4.61. The summed E-state index contributed by atoms with van der Waals surface area (Å²) < 4.78 is 5.48. The molecule has 18 heavy (non-hydrogen) atoms. The van der Waals surface area contributed by atoms with Crippen LogP contribution in [0.2, 0.25) is 0 Å². The van der Waals surface area contributed by atoms with Gasteiger partial charge in [0.2, 0.25) is 0 Å². The number of piperidine rings is 1. The van der Waals surface area contributed by atoms with Crippen molar-refractivity contribution in [2.45, 2.75) is 13.0 Å². The van der Waals surface area contributed by atoms with Gasteiger partial charge in [-0.1, -0.05) is 12.1 Å². The molecule has 0 radical (unpaired) electrons. The number of fused-ring (bicyclic) bond motifs is 1. The molecule has 96 valence electrons. The molecule has 2 aliphatic rings. The SMILES string of the molecule is CCOc1ccccc1C(=O)NC1C2CNCC21. The van der Waals surface area contributed by atoms with Crippen molar-refractivity contribution in [2.75, 3.05) is 19.7 Å². The minimum atomic E-state index is -0.0153. The average molecular weight is 246 g/mol. The van der Waals surface area contributed by atoms with Crippen molar-refractivity contribution in [3.05, 3.63) is 29.8 Å². The molecular formula is C14H18N2O2. The van der Waals surface area contributed by atoms with E-state index in [2.05, 4.69) is 10.6 Å². The number of ether oxygens (including phenoxy) is 1. The van der Waals surface area contributed by atoms with Gasteiger partial charge in [-0.25, -0.2) is 0 Å². The summed E-state index contributed by atoms with van der Waals surface area (Å²) in [5.41, 5.74) is 0.636.